The van der Waals surface area contributed by atoms with Crippen LogP contribution in [0.5, 0.6) is 5.75 Å². The van der Waals surface area contributed by atoms with Crippen LogP contribution in [0.1, 0.15) is 37.0 Å². The third-order valence-corrected chi connectivity index (χ3v) is 2.98. The highest BCUT2D eigenvalue weighted by atomic mass is 16.5. The number of carbonyl (C=O) groups excluding carboxylic acids is 1. The van der Waals surface area contributed by atoms with Crippen molar-refractivity contribution in [3.8, 4) is 11.8 Å². The van der Waals surface area contributed by atoms with Gasteiger partial charge in [0, 0.05) is 5.56 Å². The third-order valence-electron chi connectivity index (χ3n) is 2.98. The number of ether oxygens (including phenoxy) is 1. The van der Waals surface area contributed by atoms with Gasteiger partial charge in [-0.05, 0) is 44.9 Å². The monoisotopic (exact) mass is 260 g/mol. The van der Waals surface area contributed by atoms with Crippen LogP contribution >= 0.6 is 0 Å². The normalized spacial score (nSPS) is 10.7. The summed E-state index contributed by atoms with van der Waals surface area (Å²) in [7, 11) is 1.62. The first-order valence-electron chi connectivity index (χ1n) is 6.15. The van der Waals surface area contributed by atoms with E-state index in [1.165, 1.54) is 0 Å². The zero-order chi connectivity index (χ0) is 14.6. The van der Waals surface area contributed by atoms with Crippen LogP contribution in [0.25, 0.3) is 0 Å². The van der Waals surface area contributed by atoms with E-state index in [-0.39, 0.29) is 12.3 Å². The molecule has 4 heteroatoms. The average Bonchev–Trinajstić information content (AvgIpc) is 2.26. The molecule has 0 aromatic heterocycles. The van der Waals surface area contributed by atoms with Gasteiger partial charge < -0.3 is 10.1 Å². The fraction of sp³-hybridized carbons (Fsp3) is 0.467. The minimum atomic E-state index is -0.586. The van der Waals surface area contributed by atoms with Crippen LogP contribution in [0, 0.1) is 25.2 Å². The number of nitrogens with one attached hydrogen (secondary N) is 1. The summed E-state index contributed by atoms with van der Waals surface area (Å²) < 4.78 is 5.42. The molecule has 102 valence electrons. The molecule has 0 atom stereocenters. The van der Waals surface area contributed by atoms with Crippen molar-refractivity contribution in [3.63, 3.8) is 0 Å². The second kappa shape index (κ2) is 5.75. The Labute approximate surface area is 114 Å². The molecule has 1 aromatic rings. The largest absolute Gasteiger partial charge is 0.496 e. The zero-order valence-electron chi connectivity index (χ0n) is 12.1. The molecule has 0 bridgehead atoms. The lowest BCUT2D eigenvalue weighted by molar-refractivity contribution is -0.121. The number of nitrogens with zero attached hydrogens (tertiary/aromatic N) is 1. The van der Waals surface area contributed by atoms with Gasteiger partial charge in [-0.3, -0.25) is 4.79 Å². The number of methoxy groups -OCH3 is 1. The molecule has 0 saturated heterocycles. The Morgan fingerprint density at radius 3 is 2.58 bits per heavy atom. The molecular formula is C15H20N2O2. The van der Waals surface area contributed by atoms with E-state index in [1.54, 1.807) is 7.11 Å². The molecule has 1 rings (SSSR count). The first kappa shape index (κ1) is 15.0. The molecule has 0 aliphatic heterocycles. The van der Waals surface area contributed by atoms with Gasteiger partial charge in [-0.15, -0.1) is 0 Å². The number of hydrogen-bond acceptors (Lipinski definition) is 3. The van der Waals surface area contributed by atoms with Crippen LogP contribution in [0.3, 0.4) is 0 Å². The predicted molar refractivity (Wildman–Crippen MR) is 73.9 cm³/mol. The first-order valence-corrected chi connectivity index (χ1v) is 6.15. The molecule has 0 spiro atoms. The van der Waals surface area contributed by atoms with Crippen molar-refractivity contribution < 1.29 is 9.53 Å². The van der Waals surface area contributed by atoms with Gasteiger partial charge in [0.05, 0.1) is 18.7 Å². The molecule has 0 fully saturated rings. The summed E-state index contributed by atoms with van der Waals surface area (Å²) in [5, 5.41) is 11.4. The Morgan fingerprint density at radius 1 is 1.42 bits per heavy atom. The number of amides is 1. The van der Waals surface area contributed by atoms with Crippen LogP contribution in [0.2, 0.25) is 0 Å². The SMILES string of the molecule is COc1cc(C)cc(C)c1C(C)(C)NC(=O)CC#N. The first-order chi connectivity index (χ1) is 8.81. The van der Waals surface area contributed by atoms with E-state index in [4.69, 9.17) is 10.00 Å². The van der Waals surface area contributed by atoms with Gasteiger partial charge in [-0.1, -0.05) is 6.07 Å². The average molecular weight is 260 g/mol. The maximum Gasteiger partial charge on any atom is 0.234 e. The summed E-state index contributed by atoms with van der Waals surface area (Å²) in [6.07, 6.45) is -0.142. The molecule has 0 heterocycles. The highest BCUT2D eigenvalue weighted by Crippen LogP contribution is 2.33. The minimum Gasteiger partial charge on any atom is -0.496 e. The fourth-order valence-electron chi connectivity index (χ4n) is 2.42. The number of hydrogen-bond donors (Lipinski definition) is 1. The van der Waals surface area contributed by atoms with Crippen molar-refractivity contribution in [2.75, 3.05) is 7.11 Å². The zero-order valence-corrected chi connectivity index (χ0v) is 12.1. The van der Waals surface area contributed by atoms with Gasteiger partial charge in [-0.2, -0.15) is 5.26 Å². The summed E-state index contributed by atoms with van der Waals surface area (Å²) in [5.74, 6) is 0.467. The predicted octanol–water partition coefficient (Wildman–Crippen LogP) is 2.58. The maximum atomic E-state index is 11.6. The molecule has 1 amide bonds. The van der Waals surface area contributed by atoms with Crippen LogP contribution in [0.4, 0.5) is 0 Å². The van der Waals surface area contributed by atoms with E-state index >= 15 is 0 Å². The number of benzene rings is 1. The van der Waals surface area contributed by atoms with E-state index in [1.807, 2.05) is 39.8 Å². The summed E-state index contributed by atoms with van der Waals surface area (Å²) in [6, 6.07) is 5.85. The Kier molecular flexibility index (Phi) is 4.55. The van der Waals surface area contributed by atoms with Crippen LogP contribution in [0.15, 0.2) is 12.1 Å². The van der Waals surface area contributed by atoms with Crippen molar-refractivity contribution in [1.29, 1.82) is 5.26 Å². The third kappa shape index (κ3) is 3.47. The maximum absolute atomic E-state index is 11.6. The van der Waals surface area contributed by atoms with E-state index in [9.17, 15) is 4.79 Å². The summed E-state index contributed by atoms with van der Waals surface area (Å²) >= 11 is 0. The standard InChI is InChI=1S/C15H20N2O2/c1-10-8-11(2)14(12(9-10)19-5)15(3,4)17-13(18)6-7-16/h8-9H,6H2,1-5H3,(H,17,18). The van der Waals surface area contributed by atoms with Gasteiger partial charge in [0.25, 0.3) is 0 Å². The summed E-state index contributed by atoms with van der Waals surface area (Å²) in [4.78, 5) is 11.6. The van der Waals surface area contributed by atoms with Gasteiger partial charge in [0.15, 0.2) is 0 Å². The highest BCUT2D eigenvalue weighted by molar-refractivity contribution is 5.79. The van der Waals surface area contributed by atoms with Gasteiger partial charge >= 0.3 is 0 Å². The van der Waals surface area contributed by atoms with E-state index in [0.29, 0.717) is 0 Å². The molecule has 0 unspecified atom stereocenters. The number of aryl methyl sites for hydroxylation is 2. The van der Waals surface area contributed by atoms with Crippen LogP contribution in [-0.4, -0.2) is 13.0 Å². The Bertz CT molecular complexity index is 528. The molecule has 0 saturated carbocycles. The lowest BCUT2D eigenvalue weighted by Crippen LogP contribution is -2.41. The molecule has 19 heavy (non-hydrogen) atoms. The molecule has 0 aliphatic carbocycles. The van der Waals surface area contributed by atoms with Gasteiger partial charge in [0.2, 0.25) is 5.91 Å². The summed E-state index contributed by atoms with van der Waals surface area (Å²) in [5.41, 5.74) is 2.51. The topological polar surface area (TPSA) is 62.1 Å². The van der Waals surface area contributed by atoms with E-state index < -0.39 is 5.54 Å². The van der Waals surface area contributed by atoms with Crippen molar-refractivity contribution in [2.24, 2.45) is 0 Å². The summed E-state index contributed by atoms with van der Waals surface area (Å²) in [6.45, 7) is 7.80. The molecular weight excluding hydrogens is 240 g/mol. The second-order valence-corrected chi connectivity index (χ2v) is 5.17. The van der Waals surface area contributed by atoms with E-state index in [2.05, 4.69) is 11.4 Å². The van der Waals surface area contributed by atoms with Gasteiger partial charge in [0.1, 0.15) is 12.2 Å². The van der Waals surface area contributed by atoms with Crippen molar-refractivity contribution in [2.45, 2.75) is 39.7 Å². The van der Waals surface area contributed by atoms with Crippen LogP contribution < -0.4 is 10.1 Å². The molecule has 0 aliphatic rings. The van der Waals surface area contributed by atoms with Crippen molar-refractivity contribution in [3.05, 3.63) is 28.8 Å². The quantitative estimate of drug-likeness (QED) is 0.905. The van der Waals surface area contributed by atoms with Gasteiger partial charge in [-0.25, -0.2) is 0 Å². The number of carbonyl (C=O) groups is 1. The van der Waals surface area contributed by atoms with Crippen molar-refractivity contribution >= 4 is 5.91 Å². The lowest BCUT2D eigenvalue weighted by atomic mass is 9.88. The number of rotatable bonds is 4. The number of nitriles is 1. The highest BCUT2D eigenvalue weighted by Gasteiger charge is 2.28. The molecule has 4 nitrogen and oxygen atoms in total. The second-order valence-electron chi connectivity index (χ2n) is 5.17. The molecule has 0 radical (unpaired) electrons. The Balaban J connectivity index is 3.20. The van der Waals surface area contributed by atoms with Crippen LogP contribution in [-0.2, 0) is 10.3 Å². The Hall–Kier alpha value is -2.02. The molecule has 1 N–H and O–H groups in total. The van der Waals surface area contributed by atoms with Crippen molar-refractivity contribution in [1.82, 2.24) is 5.32 Å². The van der Waals surface area contributed by atoms with E-state index in [0.717, 1.165) is 22.4 Å². The smallest absolute Gasteiger partial charge is 0.234 e. The minimum absolute atomic E-state index is 0.142. The fourth-order valence-corrected chi connectivity index (χ4v) is 2.42. The lowest BCUT2D eigenvalue weighted by Gasteiger charge is -2.30. The Morgan fingerprint density at radius 2 is 2.05 bits per heavy atom. The molecule has 1 aromatic carbocycles.